The molecule has 0 unspecified atom stereocenters. The van der Waals surface area contributed by atoms with Crippen LogP contribution in [-0.2, 0) is 5.41 Å². The Balaban J connectivity index is 2.40. The molecule has 0 saturated heterocycles. The van der Waals surface area contributed by atoms with Gasteiger partial charge >= 0.3 is 5.97 Å². The van der Waals surface area contributed by atoms with Crippen molar-refractivity contribution in [3.05, 3.63) is 34.9 Å². The zero-order valence-corrected chi connectivity index (χ0v) is 8.50. The lowest BCUT2D eigenvalue weighted by atomic mass is 9.94. The molecule has 1 aromatic carbocycles. The van der Waals surface area contributed by atoms with Gasteiger partial charge in [-0.2, -0.15) is 0 Å². The van der Waals surface area contributed by atoms with Gasteiger partial charge in [-0.25, -0.2) is 4.79 Å². The van der Waals surface area contributed by atoms with E-state index in [-0.39, 0.29) is 0 Å². The average molecular weight is 190 g/mol. The number of carboxylic acid groups (broad SMARTS) is 1. The number of hydrogen-bond donors (Lipinski definition) is 1. The molecule has 2 rings (SSSR count). The third-order valence-electron chi connectivity index (χ3n) is 3.15. The van der Waals surface area contributed by atoms with Gasteiger partial charge in [-0.1, -0.05) is 19.1 Å². The van der Waals surface area contributed by atoms with Crippen molar-refractivity contribution in [3.8, 4) is 0 Å². The van der Waals surface area contributed by atoms with Crippen LogP contribution < -0.4 is 0 Å². The van der Waals surface area contributed by atoms with E-state index in [9.17, 15) is 4.79 Å². The second-order valence-electron chi connectivity index (χ2n) is 4.40. The Kier molecular flexibility index (Phi) is 1.88. The molecule has 0 heterocycles. The number of aromatic carboxylic acids is 1. The summed E-state index contributed by atoms with van der Waals surface area (Å²) in [6.07, 6.45) is 2.44. The molecule has 0 spiro atoms. The van der Waals surface area contributed by atoms with Crippen molar-refractivity contribution in [2.24, 2.45) is 0 Å². The van der Waals surface area contributed by atoms with Crippen molar-refractivity contribution in [3.63, 3.8) is 0 Å². The quantitative estimate of drug-likeness (QED) is 0.778. The van der Waals surface area contributed by atoms with E-state index in [1.807, 2.05) is 19.1 Å². The van der Waals surface area contributed by atoms with Gasteiger partial charge in [0.05, 0.1) is 5.56 Å². The molecule has 0 aromatic heterocycles. The van der Waals surface area contributed by atoms with E-state index in [1.165, 1.54) is 18.4 Å². The summed E-state index contributed by atoms with van der Waals surface area (Å²) in [6, 6.07) is 5.68. The van der Waals surface area contributed by atoms with Crippen LogP contribution in [0.2, 0.25) is 0 Å². The normalized spacial score (nSPS) is 17.9. The van der Waals surface area contributed by atoms with Crippen molar-refractivity contribution in [2.45, 2.75) is 32.1 Å². The first-order valence-corrected chi connectivity index (χ1v) is 4.87. The molecular weight excluding hydrogens is 176 g/mol. The van der Waals surface area contributed by atoms with E-state index < -0.39 is 5.97 Å². The predicted octanol–water partition coefficient (Wildman–Crippen LogP) is 2.74. The summed E-state index contributed by atoms with van der Waals surface area (Å²) in [7, 11) is 0. The molecule has 1 aliphatic carbocycles. The highest BCUT2D eigenvalue weighted by atomic mass is 16.4. The van der Waals surface area contributed by atoms with Gasteiger partial charge in [0.15, 0.2) is 0 Å². The molecule has 2 heteroatoms. The molecule has 0 bridgehead atoms. The van der Waals surface area contributed by atoms with Crippen LogP contribution in [0.15, 0.2) is 18.2 Å². The molecule has 2 nitrogen and oxygen atoms in total. The smallest absolute Gasteiger partial charge is 0.335 e. The largest absolute Gasteiger partial charge is 0.478 e. The molecule has 0 amide bonds. The Bertz CT molecular complexity index is 389. The summed E-state index contributed by atoms with van der Waals surface area (Å²) in [4.78, 5) is 10.8. The highest BCUT2D eigenvalue weighted by Crippen LogP contribution is 2.47. The summed E-state index contributed by atoms with van der Waals surface area (Å²) in [5.74, 6) is -0.838. The molecule has 1 saturated carbocycles. The Morgan fingerprint density at radius 1 is 1.43 bits per heavy atom. The minimum Gasteiger partial charge on any atom is -0.478 e. The third-order valence-corrected chi connectivity index (χ3v) is 3.15. The first kappa shape index (κ1) is 9.25. The van der Waals surface area contributed by atoms with Gasteiger partial charge in [-0.05, 0) is 42.4 Å². The lowest BCUT2D eigenvalue weighted by Gasteiger charge is -2.10. The number of aryl methyl sites for hydroxylation is 1. The first-order valence-electron chi connectivity index (χ1n) is 4.87. The standard InChI is InChI=1S/C12H14O2/c1-8-7-9(12(2)5-6-12)3-4-10(8)11(13)14/h3-4,7H,5-6H2,1-2H3,(H,13,14). The minimum atomic E-state index is -0.838. The summed E-state index contributed by atoms with van der Waals surface area (Å²) in [5, 5.41) is 8.87. The lowest BCUT2D eigenvalue weighted by Crippen LogP contribution is -2.04. The average Bonchev–Trinajstić information content (AvgIpc) is 2.84. The maximum absolute atomic E-state index is 10.8. The van der Waals surface area contributed by atoms with Crippen molar-refractivity contribution in [1.29, 1.82) is 0 Å². The van der Waals surface area contributed by atoms with Gasteiger partial charge in [0.25, 0.3) is 0 Å². The molecule has 1 aromatic rings. The second-order valence-corrected chi connectivity index (χ2v) is 4.40. The van der Waals surface area contributed by atoms with Crippen LogP contribution in [0.1, 0.15) is 41.3 Å². The summed E-state index contributed by atoms with van der Waals surface area (Å²) in [5.41, 5.74) is 2.88. The Morgan fingerprint density at radius 2 is 2.07 bits per heavy atom. The SMILES string of the molecule is Cc1cc(C2(C)CC2)ccc1C(=O)O. The fourth-order valence-corrected chi connectivity index (χ4v) is 1.76. The Morgan fingerprint density at radius 3 is 2.50 bits per heavy atom. The fraction of sp³-hybridized carbons (Fsp3) is 0.417. The highest BCUT2D eigenvalue weighted by Gasteiger charge is 2.39. The first-order chi connectivity index (χ1) is 6.53. The van der Waals surface area contributed by atoms with Crippen molar-refractivity contribution in [1.82, 2.24) is 0 Å². The Hall–Kier alpha value is -1.31. The van der Waals surface area contributed by atoms with Crippen LogP contribution in [0.25, 0.3) is 0 Å². The monoisotopic (exact) mass is 190 g/mol. The number of hydrogen-bond acceptors (Lipinski definition) is 1. The van der Waals surface area contributed by atoms with Crippen molar-refractivity contribution < 1.29 is 9.90 Å². The highest BCUT2D eigenvalue weighted by molar-refractivity contribution is 5.89. The van der Waals surface area contributed by atoms with Crippen LogP contribution in [-0.4, -0.2) is 11.1 Å². The molecule has 0 aliphatic heterocycles. The Labute approximate surface area is 83.6 Å². The minimum absolute atomic E-state index is 0.321. The zero-order valence-electron chi connectivity index (χ0n) is 8.50. The topological polar surface area (TPSA) is 37.3 Å². The molecule has 1 aliphatic rings. The van der Waals surface area contributed by atoms with E-state index in [0.717, 1.165) is 5.56 Å². The van der Waals surface area contributed by atoms with Gasteiger partial charge < -0.3 is 5.11 Å². The molecular formula is C12H14O2. The number of benzene rings is 1. The van der Waals surface area contributed by atoms with Crippen LogP contribution in [0.5, 0.6) is 0 Å². The van der Waals surface area contributed by atoms with E-state index in [0.29, 0.717) is 11.0 Å². The van der Waals surface area contributed by atoms with E-state index in [2.05, 4.69) is 6.92 Å². The summed E-state index contributed by atoms with van der Waals surface area (Å²) < 4.78 is 0. The molecule has 0 atom stereocenters. The van der Waals surface area contributed by atoms with Gasteiger partial charge in [0, 0.05) is 0 Å². The molecule has 14 heavy (non-hydrogen) atoms. The second kappa shape index (κ2) is 2.84. The summed E-state index contributed by atoms with van der Waals surface area (Å²) >= 11 is 0. The lowest BCUT2D eigenvalue weighted by molar-refractivity contribution is 0.0696. The molecule has 0 radical (unpaired) electrons. The van der Waals surface area contributed by atoms with Gasteiger partial charge in [-0.3, -0.25) is 0 Å². The van der Waals surface area contributed by atoms with Gasteiger partial charge in [-0.15, -0.1) is 0 Å². The number of carbonyl (C=O) groups is 1. The number of carboxylic acids is 1. The van der Waals surface area contributed by atoms with Crippen LogP contribution in [0, 0.1) is 6.92 Å². The van der Waals surface area contributed by atoms with Crippen LogP contribution in [0.3, 0.4) is 0 Å². The molecule has 1 N–H and O–H groups in total. The van der Waals surface area contributed by atoms with Gasteiger partial charge in [0.2, 0.25) is 0 Å². The van der Waals surface area contributed by atoms with E-state index >= 15 is 0 Å². The van der Waals surface area contributed by atoms with Crippen LogP contribution in [0.4, 0.5) is 0 Å². The maximum atomic E-state index is 10.8. The van der Waals surface area contributed by atoms with Gasteiger partial charge in [0.1, 0.15) is 0 Å². The molecule has 74 valence electrons. The van der Waals surface area contributed by atoms with E-state index in [1.54, 1.807) is 6.07 Å². The fourth-order valence-electron chi connectivity index (χ4n) is 1.76. The number of rotatable bonds is 2. The zero-order chi connectivity index (χ0) is 10.3. The van der Waals surface area contributed by atoms with Crippen molar-refractivity contribution in [2.75, 3.05) is 0 Å². The maximum Gasteiger partial charge on any atom is 0.335 e. The summed E-state index contributed by atoms with van der Waals surface area (Å²) in [6.45, 7) is 4.08. The molecule has 1 fully saturated rings. The van der Waals surface area contributed by atoms with Crippen LogP contribution >= 0.6 is 0 Å². The van der Waals surface area contributed by atoms with Crippen molar-refractivity contribution >= 4 is 5.97 Å². The predicted molar refractivity (Wildman–Crippen MR) is 54.7 cm³/mol. The third kappa shape index (κ3) is 1.41. The van der Waals surface area contributed by atoms with E-state index in [4.69, 9.17) is 5.11 Å².